The van der Waals surface area contributed by atoms with Crippen molar-refractivity contribution in [3.05, 3.63) is 0 Å². The second-order valence-corrected chi connectivity index (χ2v) is 6.24. The predicted octanol–water partition coefficient (Wildman–Crippen LogP) is 1.18. The van der Waals surface area contributed by atoms with Gasteiger partial charge in [-0.1, -0.05) is 12.8 Å². The highest BCUT2D eigenvalue weighted by Gasteiger charge is 2.35. The normalized spacial score (nSPS) is 22.1. The number of hydrogen-bond donors (Lipinski definition) is 2. The number of thioether (sulfide) groups is 1. The maximum absolute atomic E-state index is 11.3. The molecule has 17 heavy (non-hydrogen) atoms. The first-order valence-corrected chi connectivity index (χ1v) is 7.25. The Morgan fingerprint density at radius 3 is 2.59 bits per heavy atom. The van der Waals surface area contributed by atoms with Crippen molar-refractivity contribution >= 4 is 17.7 Å². The van der Waals surface area contributed by atoms with Gasteiger partial charge in [0.15, 0.2) is 5.60 Å². The van der Waals surface area contributed by atoms with E-state index in [0.29, 0.717) is 0 Å². The maximum atomic E-state index is 11.3. The van der Waals surface area contributed by atoms with E-state index in [9.17, 15) is 9.90 Å². The van der Waals surface area contributed by atoms with Crippen molar-refractivity contribution in [2.45, 2.75) is 43.0 Å². The van der Waals surface area contributed by atoms with Gasteiger partial charge in [-0.2, -0.15) is 11.8 Å². The van der Waals surface area contributed by atoms with Crippen LogP contribution in [0.3, 0.4) is 0 Å². The molecule has 1 rings (SSSR count). The van der Waals surface area contributed by atoms with Crippen LogP contribution in [0, 0.1) is 0 Å². The molecular formula is C12H23NO3S. The van der Waals surface area contributed by atoms with Gasteiger partial charge in [-0.15, -0.1) is 0 Å². The molecule has 1 saturated carbocycles. The highest BCUT2D eigenvalue weighted by molar-refractivity contribution is 8.00. The first kappa shape index (κ1) is 14.8. The fraction of sp³-hybridized carbons (Fsp3) is 0.917. The van der Waals surface area contributed by atoms with Crippen LogP contribution in [0.4, 0.5) is 0 Å². The van der Waals surface area contributed by atoms with Crippen molar-refractivity contribution in [3.63, 3.8) is 0 Å². The van der Waals surface area contributed by atoms with Gasteiger partial charge < -0.3 is 15.2 Å². The van der Waals surface area contributed by atoms with Crippen LogP contribution in [-0.4, -0.2) is 47.9 Å². The zero-order valence-electron chi connectivity index (χ0n) is 10.9. The number of hydrogen-bond acceptors (Lipinski definition) is 5. The number of aliphatic hydroxyl groups is 1. The van der Waals surface area contributed by atoms with Crippen LogP contribution in [0.25, 0.3) is 0 Å². The molecule has 0 aromatic carbocycles. The van der Waals surface area contributed by atoms with Gasteiger partial charge in [0.25, 0.3) is 0 Å². The molecule has 0 heterocycles. The van der Waals surface area contributed by atoms with Gasteiger partial charge in [0.1, 0.15) is 0 Å². The van der Waals surface area contributed by atoms with Gasteiger partial charge in [-0.05, 0) is 26.0 Å². The first-order chi connectivity index (χ1) is 7.96. The zero-order chi connectivity index (χ0) is 12.9. The number of carbonyl (C=O) groups excluding carboxylic acids is 1. The standard InChI is InChI=1S/C12H23NO3S/c1-11(15,10(14)16-2)8-13-9-12(17-3)6-4-5-7-12/h13,15H,4-9H2,1-3H3. The molecule has 1 aliphatic carbocycles. The SMILES string of the molecule is COC(=O)C(C)(O)CNCC1(SC)CCCC1. The molecule has 1 atom stereocenters. The van der Waals surface area contributed by atoms with Crippen molar-refractivity contribution in [3.8, 4) is 0 Å². The highest BCUT2D eigenvalue weighted by atomic mass is 32.2. The number of esters is 1. The molecule has 100 valence electrons. The van der Waals surface area contributed by atoms with Crippen LogP contribution in [0.1, 0.15) is 32.6 Å². The quantitative estimate of drug-likeness (QED) is 0.703. The Labute approximate surface area is 107 Å². The largest absolute Gasteiger partial charge is 0.467 e. The molecular weight excluding hydrogens is 238 g/mol. The molecule has 0 aliphatic heterocycles. The molecule has 1 fully saturated rings. The lowest BCUT2D eigenvalue weighted by molar-refractivity contribution is -0.159. The molecule has 0 aromatic heterocycles. The Morgan fingerprint density at radius 1 is 1.53 bits per heavy atom. The Kier molecular flexibility index (Phi) is 5.28. The topological polar surface area (TPSA) is 58.6 Å². The van der Waals surface area contributed by atoms with E-state index >= 15 is 0 Å². The third-order valence-corrected chi connectivity index (χ3v) is 4.91. The van der Waals surface area contributed by atoms with Crippen LogP contribution in [0.15, 0.2) is 0 Å². The Bertz CT molecular complexity index is 262. The minimum atomic E-state index is -1.44. The summed E-state index contributed by atoms with van der Waals surface area (Å²) < 4.78 is 4.84. The van der Waals surface area contributed by atoms with Gasteiger partial charge in [-0.3, -0.25) is 0 Å². The Balaban J connectivity index is 2.38. The van der Waals surface area contributed by atoms with E-state index in [1.807, 2.05) is 11.8 Å². The molecule has 1 aliphatic rings. The summed E-state index contributed by atoms with van der Waals surface area (Å²) in [5.41, 5.74) is -1.44. The third-order valence-electron chi connectivity index (χ3n) is 3.49. The second-order valence-electron chi connectivity index (χ2n) is 4.96. The van der Waals surface area contributed by atoms with E-state index in [1.165, 1.54) is 39.7 Å². The summed E-state index contributed by atoms with van der Waals surface area (Å²) in [5, 5.41) is 13.1. The summed E-state index contributed by atoms with van der Waals surface area (Å²) in [4.78, 5) is 11.3. The Hall–Kier alpha value is -0.260. The molecule has 0 spiro atoms. The molecule has 0 radical (unpaired) electrons. The van der Waals surface area contributed by atoms with Crippen LogP contribution in [-0.2, 0) is 9.53 Å². The maximum Gasteiger partial charge on any atom is 0.338 e. The van der Waals surface area contributed by atoms with Crippen LogP contribution >= 0.6 is 11.8 Å². The lowest BCUT2D eigenvalue weighted by Gasteiger charge is -2.29. The van der Waals surface area contributed by atoms with Crippen LogP contribution < -0.4 is 5.32 Å². The number of rotatable bonds is 6. The zero-order valence-corrected chi connectivity index (χ0v) is 11.7. The molecule has 0 bridgehead atoms. The van der Waals surface area contributed by atoms with Gasteiger partial charge in [-0.25, -0.2) is 4.79 Å². The van der Waals surface area contributed by atoms with E-state index in [1.54, 1.807) is 0 Å². The number of methoxy groups -OCH3 is 1. The van der Waals surface area contributed by atoms with Gasteiger partial charge in [0, 0.05) is 17.8 Å². The summed E-state index contributed by atoms with van der Waals surface area (Å²) in [5.74, 6) is -0.588. The number of ether oxygens (including phenoxy) is 1. The molecule has 0 aromatic rings. The minimum Gasteiger partial charge on any atom is -0.467 e. The van der Waals surface area contributed by atoms with E-state index < -0.39 is 11.6 Å². The van der Waals surface area contributed by atoms with Crippen molar-refractivity contribution in [2.75, 3.05) is 26.5 Å². The third kappa shape index (κ3) is 3.86. The van der Waals surface area contributed by atoms with Crippen molar-refractivity contribution < 1.29 is 14.6 Å². The monoisotopic (exact) mass is 261 g/mol. The van der Waals surface area contributed by atoms with Crippen LogP contribution in [0.5, 0.6) is 0 Å². The van der Waals surface area contributed by atoms with Gasteiger partial charge in [0.05, 0.1) is 7.11 Å². The fourth-order valence-corrected chi connectivity index (χ4v) is 3.24. The fourth-order valence-electron chi connectivity index (χ4n) is 2.30. The minimum absolute atomic E-state index is 0.238. The smallest absolute Gasteiger partial charge is 0.338 e. The molecule has 2 N–H and O–H groups in total. The van der Waals surface area contributed by atoms with Crippen LogP contribution in [0.2, 0.25) is 0 Å². The molecule has 0 amide bonds. The van der Waals surface area contributed by atoms with Gasteiger partial charge in [0.2, 0.25) is 0 Å². The second kappa shape index (κ2) is 6.07. The summed E-state index contributed by atoms with van der Waals surface area (Å²) in [6.45, 7) is 2.55. The van der Waals surface area contributed by atoms with Crippen molar-refractivity contribution in [1.29, 1.82) is 0 Å². The van der Waals surface area contributed by atoms with E-state index in [0.717, 1.165) is 6.54 Å². The Morgan fingerprint density at radius 2 is 2.12 bits per heavy atom. The number of carbonyl (C=O) groups is 1. The first-order valence-electron chi connectivity index (χ1n) is 6.02. The van der Waals surface area contributed by atoms with E-state index in [2.05, 4.69) is 16.3 Å². The van der Waals surface area contributed by atoms with Crippen molar-refractivity contribution in [1.82, 2.24) is 5.32 Å². The summed E-state index contributed by atoms with van der Waals surface area (Å²) in [6, 6.07) is 0. The lowest BCUT2D eigenvalue weighted by atomic mass is 10.1. The average Bonchev–Trinajstić information content (AvgIpc) is 2.77. The van der Waals surface area contributed by atoms with E-state index in [-0.39, 0.29) is 11.3 Å². The molecule has 1 unspecified atom stereocenters. The summed E-state index contributed by atoms with van der Waals surface area (Å²) in [6.07, 6.45) is 7.10. The van der Waals surface area contributed by atoms with Gasteiger partial charge >= 0.3 is 5.97 Å². The number of nitrogens with one attached hydrogen (secondary N) is 1. The highest BCUT2D eigenvalue weighted by Crippen LogP contribution is 2.39. The molecule has 0 saturated heterocycles. The average molecular weight is 261 g/mol. The lowest BCUT2D eigenvalue weighted by Crippen LogP contribution is -2.48. The molecule has 5 heteroatoms. The summed E-state index contributed by atoms with van der Waals surface area (Å²) in [7, 11) is 1.29. The molecule has 4 nitrogen and oxygen atoms in total. The van der Waals surface area contributed by atoms with Crippen molar-refractivity contribution in [2.24, 2.45) is 0 Å². The van der Waals surface area contributed by atoms with E-state index in [4.69, 9.17) is 0 Å². The predicted molar refractivity (Wildman–Crippen MR) is 70.2 cm³/mol. The summed E-state index contributed by atoms with van der Waals surface area (Å²) >= 11 is 1.88.